The fourth-order valence-electron chi connectivity index (χ4n) is 3.85. The minimum atomic E-state index is -3.14. The molecule has 5 heteroatoms. The van der Waals surface area contributed by atoms with Gasteiger partial charge >= 0.3 is 0 Å². The van der Waals surface area contributed by atoms with E-state index in [0.717, 1.165) is 23.9 Å². The minimum Gasteiger partial charge on any atom is -0.330 e. The van der Waals surface area contributed by atoms with Crippen LogP contribution in [0.2, 0.25) is 0 Å². The molecule has 27 heavy (non-hydrogen) atoms. The van der Waals surface area contributed by atoms with Crippen molar-refractivity contribution in [1.82, 2.24) is 4.72 Å². The van der Waals surface area contributed by atoms with Gasteiger partial charge in [0.05, 0.1) is 33.4 Å². The first kappa shape index (κ1) is 26.9. The van der Waals surface area contributed by atoms with Crippen LogP contribution in [0.4, 0.5) is 0 Å². The average molecular weight is 406 g/mol. The number of rotatable bonds is 18. The summed E-state index contributed by atoms with van der Waals surface area (Å²) in [6.07, 6.45) is 15.1. The van der Waals surface area contributed by atoms with Crippen molar-refractivity contribution < 1.29 is 12.9 Å². The summed E-state index contributed by atoms with van der Waals surface area (Å²) in [7, 11) is 3.28. The molecule has 0 heterocycles. The molecular weight excluding hydrogens is 356 g/mol. The standard InChI is InChI=1S/C22H49N2O2S/c1-7-8-9-10-11-12-13-14-15-16-17-18-19-27(25,26)23-20-22(2,3)21-24(4,5)6/h23H,7-21H2,1-6H3/q+1. The lowest BCUT2D eigenvalue weighted by molar-refractivity contribution is -0.876. The molecule has 0 bridgehead atoms. The Labute approximate surface area is 171 Å². The summed E-state index contributed by atoms with van der Waals surface area (Å²) >= 11 is 0. The summed E-state index contributed by atoms with van der Waals surface area (Å²) in [5.74, 6) is 0.269. The molecule has 0 fully saturated rings. The van der Waals surface area contributed by atoms with Crippen molar-refractivity contribution in [1.29, 1.82) is 0 Å². The molecule has 4 nitrogen and oxygen atoms in total. The molecule has 0 aromatic rings. The Morgan fingerprint density at radius 2 is 1.15 bits per heavy atom. The first-order valence-corrected chi connectivity index (χ1v) is 12.9. The molecule has 0 radical (unpaired) electrons. The Bertz CT molecular complexity index is 453. The minimum absolute atomic E-state index is 0.0398. The van der Waals surface area contributed by atoms with Gasteiger partial charge in [0, 0.05) is 12.0 Å². The van der Waals surface area contributed by atoms with Crippen molar-refractivity contribution in [3.8, 4) is 0 Å². The Morgan fingerprint density at radius 3 is 1.56 bits per heavy atom. The zero-order valence-corrected chi connectivity index (χ0v) is 20.1. The molecule has 0 amide bonds. The number of sulfonamides is 1. The van der Waals surface area contributed by atoms with Gasteiger partial charge in [-0.1, -0.05) is 91.4 Å². The Hall–Kier alpha value is -0.130. The molecular formula is C22H49N2O2S+. The van der Waals surface area contributed by atoms with Crippen LogP contribution in [0.25, 0.3) is 0 Å². The van der Waals surface area contributed by atoms with E-state index in [-0.39, 0.29) is 11.2 Å². The zero-order valence-electron chi connectivity index (χ0n) is 19.3. The maximum atomic E-state index is 12.2. The van der Waals surface area contributed by atoms with Gasteiger partial charge in [-0.25, -0.2) is 13.1 Å². The Kier molecular flexibility index (Phi) is 13.9. The monoisotopic (exact) mass is 405 g/mol. The topological polar surface area (TPSA) is 46.2 Å². The first-order chi connectivity index (χ1) is 12.5. The van der Waals surface area contributed by atoms with E-state index in [0.29, 0.717) is 6.54 Å². The SMILES string of the molecule is CCCCCCCCCCCCCCS(=O)(=O)NCC(C)(C)C[N+](C)(C)C. The van der Waals surface area contributed by atoms with Crippen molar-refractivity contribution in [3.05, 3.63) is 0 Å². The van der Waals surface area contributed by atoms with E-state index in [1.54, 1.807) is 0 Å². The molecule has 0 aliphatic heterocycles. The van der Waals surface area contributed by atoms with Crippen molar-refractivity contribution in [3.63, 3.8) is 0 Å². The van der Waals surface area contributed by atoms with Crippen LogP contribution in [0.1, 0.15) is 97.8 Å². The molecule has 0 unspecified atom stereocenters. The normalized spacial score (nSPS) is 13.3. The third-order valence-corrected chi connectivity index (χ3v) is 6.35. The summed E-state index contributed by atoms with van der Waals surface area (Å²) in [6.45, 7) is 7.97. The number of nitrogens with one attached hydrogen (secondary N) is 1. The summed E-state index contributed by atoms with van der Waals surface area (Å²) in [4.78, 5) is 0. The lowest BCUT2D eigenvalue weighted by atomic mass is 9.93. The van der Waals surface area contributed by atoms with E-state index in [2.05, 4.69) is 46.6 Å². The third-order valence-electron chi connectivity index (χ3n) is 4.94. The average Bonchev–Trinajstić information content (AvgIpc) is 2.52. The predicted molar refractivity (Wildman–Crippen MR) is 120 cm³/mol. The van der Waals surface area contributed by atoms with Gasteiger partial charge in [-0.15, -0.1) is 0 Å². The second-order valence-electron chi connectivity index (χ2n) is 10.1. The molecule has 0 saturated carbocycles. The van der Waals surface area contributed by atoms with E-state index >= 15 is 0 Å². The summed E-state index contributed by atoms with van der Waals surface area (Å²) in [5, 5.41) is 0. The van der Waals surface area contributed by atoms with E-state index in [1.807, 2.05) is 0 Å². The zero-order chi connectivity index (χ0) is 20.8. The van der Waals surface area contributed by atoms with Gasteiger partial charge in [0.2, 0.25) is 10.0 Å². The highest BCUT2D eigenvalue weighted by Crippen LogP contribution is 2.18. The molecule has 164 valence electrons. The number of hydrogen-bond acceptors (Lipinski definition) is 2. The van der Waals surface area contributed by atoms with E-state index in [1.165, 1.54) is 64.2 Å². The molecule has 0 aliphatic carbocycles. The third kappa shape index (κ3) is 19.0. The maximum Gasteiger partial charge on any atom is 0.211 e. The number of quaternary nitrogens is 1. The molecule has 0 aromatic carbocycles. The van der Waals surface area contributed by atoms with Crippen molar-refractivity contribution >= 4 is 10.0 Å². The lowest BCUT2D eigenvalue weighted by Crippen LogP contribution is -2.47. The van der Waals surface area contributed by atoms with Crippen LogP contribution in [0.3, 0.4) is 0 Å². The van der Waals surface area contributed by atoms with Crippen LogP contribution in [0, 0.1) is 5.41 Å². The van der Waals surface area contributed by atoms with Gasteiger partial charge in [-0.05, 0) is 6.42 Å². The maximum absolute atomic E-state index is 12.2. The van der Waals surface area contributed by atoms with Crippen LogP contribution in [0.15, 0.2) is 0 Å². The first-order valence-electron chi connectivity index (χ1n) is 11.3. The fourth-order valence-corrected chi connectivity index (χ4v) is 5.19. The van der Waals surface area contributed by atoms with E-state index < -0.39 is 10.0 Å². The Balaban J connectivity index is 3.68. The molecule has 0 saturated heterocycles. The molecule has 0 spiro atoms. The van der Waals surface area contributed by atoms with Crippen molar-refractivity contribution in [2.45, 2.75) is 97.8 Å². The molecule has 0 aliphatic rings. The van der Waals surface area contributed by atoms with E-state index in [4.69, 9.17) is 0 Å². The quantitative estimate of drug-likeness (QED) is 0.247. The van der Waals surface area contributed by atoms with Gasteiger partial charge in [-0.2, -0.15) is 0 Å². The van der Waals surface area contributed by atoms with Crippen molar-refractivity contribution in [2.75, 3.05) is 40.0 Å². The Morgan fingerprint density at radius 1 is 0.741 bits per heavy atom. The van der Waals surface area contributed by atoms with Gasteiger partial charge in [0.1, 0.15) is 0 Å². The van der Waals surface area contributed by atoms with Gasteiger partial charge in [-0.3, -0.25) is 0 Å². The van der Waals surface area contributed by atoms with Gasteiger partial charge in [0.15, 0.2) is 0 Å². The number of unbranched alkanes of at least 4 members (excludes halogenated alkanes) is 11. The van der Waals surface area contributed by atoms with Crippen molar-refractivity contribution in [2.24, 2.45) is 5.41 Å². The molecule has 1 N–H and O–H groups in total. The molecule has 0 atom stereocenters. The van der Waals surface area contributed by atoms with Crippen LogP contribution < -0.4 is 4.72 Å². The number of hydrogen-bond donors (Lipinski definition) is 1. The summed E-state index contributed by atoms with van der Waals surface area (Å²) in [5.41, 5.74) is -0.0398. The van der Waals surface area contributed by atoms with E-state index in [9.17, 15) is 8.42 Å². The second-order valence-corrected chi connectivity index (χ2v) is 12.1. The van der Waals surface area contributed by atoms with Crippen LogP contribution in [-0.2, 0) is 10.0 Å². The van der Waals surface area contributed by atoms with Crippen LogP contribution >= 0.6 is 0 Å². The lowest BCUT2D eigenvalue weighted by Gasteiger charge is -2.34. The highest BCUT2D eigenvalue weighted by Gasteiger charge is 2.27. The van der Waals surface area contributed by atoms with Gasteiger partial charge < -0.3 is 4.48 Å². The molecule has 0 aromatic heterocycles. The molecule has 0 rings (SSSR count). The smallest absolute Gasteiger partial charge is 0.211 e. The predicted octanol–water partition coefficient (Wildman–Crippen LogP) is 5.34. The van der Waals surface area contributed by atoms with Crippen LogP contribution in [-0.4, -0.2) is 52.9 Å². The second kappa shape index (κ2) is 13.9. The summed E-state index contributed by atoms with van der Waals surface area (Å²) in [6, 6.07) is 0. The fraction of sp³-hybridized carbons (Fsp3) is 1.00. The summed E-state index contributed by atoms with van der Waals surface area (Å²) < 4.78 is 28.1. The number of nitrogens with zero attached hydrogens (tertiary/aromatic N) is 1. The highest BCUT2D eigenvalue weighted by atomic mass is 32.2. The van der Waals surface area contributed by atoms with Crippen LogP contribution in [0.5, 0.6) is 0 Å². The van der Waals surface area contributed by atoms with Gasteiger partial charge in [0.25, 0.3) is 0 Å². The largest absolute Gasteiger partial charge is 0.330 e. The highest BCUT2D eigenvalue weighted by molar-refractivity contribution is 7.89.